The lowest BCUT2D eigenvalue weighted by atomic mass is 10.0. The topological polar surface area (TPSA) is 50.9 Å². The van der Waals surface area contributed by atoms with Crippen LogP contribution >= 0.6 is 0 Å². The number of rotatable bonds is 2. The third-order valence-corrected chi connectivity index (χ3v) is 4.31. The second-order valence-corrected chi connectivity index (χ2v) is 5.90. The Morgan fingerprint density at radius 1 is 1.15 bits per heavy atom. The average molecular weight is 269 g/mol. The molecule has 0 aliphatic heterocycles. The van der Waals surface area contributed by atoms with Crippen molar-refractivity contribution in [2.75, 3.05) is 5.32 Å². The van der Waals surface area contributed by atoms with E-state index in [-0.39, 0.29) is 6.04 Å². The van der Waals surface area contributed by atoms with Crippen LogP contribution in [-0.4, -0.2) is 17.1 Å². The fourth-order valence-electron chi connectivity index (χ4n) is 3.06. The average Bonchev–Trinajstić information content (AvgIpc) is 2.65. The largest absolute Gasteiger partial charge is 0.366 e. The highest BCUT2D eigenvalue weighted by Crippen LogP contribution is 2.24. The van der Waals surface area contributed by atoms with Gasteiger partial charge in [0.05, 0.1) is 5.52 Å². The summed E-state index contributed by atoms with van der Waals surface area (Å²) in [4.78, 5) is 4.77. The fourth-order valence-corrected chi connectivity index (χ4v) is 3.06. The smallest absolute Gasteiger partial charge is 0.129 e. The molecule has 3 nitrogen and oxygen atoms in total. The van der Waals surface area contributed by atoms with Crippen molar-refractivity contribution in [1.29, 1.82) is 0 Å². The summed E-state index contributed by atoms with van der Waals surface area (Å²) in [7, 11) is 0. The van der Waals surface area contributed by atoms with E-state index in [2.05, 4.69) is 36.5 Å². The highest BCUT2D eigenvalue weighted by Gasteiger charge is 2.21. The molecule has 0 bridgehead atoms. The van der Waals surface area contributed by atoms with Crippen molar-refractivity contribution in [2.45, 2.75) is 51.1 Å². The molecular formula is C17H23N3. The van der Waals surface area contributed by atoms with Crippen molar-refractivity contribution in [3.63, 3.8) is 0 Å². The van der Waals surface area contributed by atoms with Crippen LogP contribution in [0.3, 0.4) is 0 Å². The molecule has 0 amide bonds. The van der Waals surface area contributed by atoms with E-state index >= 15 is 0 Å². The summed E-state index contributed by atoms with van der Waals surface area (Å²) in [5, 5.41) is 4.79. The lowest BCUT2D eigenvalue weighted by Gasteiger charge is -2.24. The molecule has 2 atom stereocenters. The zero-order valence-electron chi connectivity index (χ0n) is 12.1. The predicted octanol–water partition coefficient (Wildman–Crippen LogP) is 3.62. The van der Waals surface area contributed by atoms with Crippen LogP contribution < -0.4 is 11.1 Å². The van der Waals surface area contributed by atoms with Crippen molar-refractivity contribution in [2.24, 2.45) is 5.73 Å². The van der Waals surface area contributed by atoms with E-state index in [0.29, 0.717) is 6.04 Å². The van der Waals surface area contributed by atoms with Gasteiger partial charge in [-0.05, 0) is 37.5 Å². The molecule has 0 spiro atoms. The van der Waals surface area contributed by atoms with Gasteiger partial charge in [-0.25, -0.2) is 4.98 Å². The SMILES string of the molecule is Cc1cc2ccccc2nc1NC1CCCCCC1N. The summed E-state index contributed by atoms with van der Waals surface area (Å²) in [5.74, 6) is 0.992. The predicted molar refractivity (Wildman–Crippen MR) is 85.0 cm³/mol. The van der Waals surface area contributed by atoms with Gasteiger partial charge in [0.25, 0.3) is 0 Å². The second-order valence-electron chi connectivity index (χ2n) is 5.90. The molecule has 2 unspecified atom stereocenters. The number of fused-ring (bicyclic) bond motifs is 1. The van der Waals surface area contributed by atoms with E-state index in [4.69, 9.17) is 10.7 Å². The van der Waals surface area contributed by atoms with Crippen molar-refractivity contribution < 1.29 is 0 Å². The first-order valence-electron chi connectivity index (χ1n) is 7.62. The zero-order chi connectivity index (χ0) is 13.9. The Bertz CT molecular complexity index is 594. The molecule has 1 fully saturated rings. The van der Waals surface area contributed by atoms with Crippen molar-refractivity contribution in [3.8, 4) is 0 Å². The van der Waals surface area contributed by atoms with Gasteiger partial charge in [-0.2, -0.15) is 0 Å². The molecule has 3 N–H and O–H groups in total. The van der Waals surface area contributed by atoms with Crippen molar-refractivity contribution in [1.82, 2.24) is 4.98 Å². The van der Waals surface area contributed by atoms with Crippen LogP contribution in [0.5, 0.6) is 0 Å². The minimum atomic E-state index is 0.241. The van der Waals surface area contributed by atoms with E-state index in [1.165, 1.54) is 30.2 Å². The van der Waals surface area contributed by atoms with Crippen LogP contribution in [0.4, 0.5) is 5.82 Å². The minimum Gasteiger partial charge on any atom is -0.366 e. The van der Waals surface area contributed by atoms with Crippen LogP contribution in [0.15, 0.2) is 30.3 Å². The Hall–Kier alpha value is -1.61. The number of benzene rings is 1. The first kappa shape index (κ1) is 13.4. The maximum absolute atomic E-state index is 6.30. The molecule has 106 valence electrons. The number of nitrogens with two attached hydrogens (primary N) is 1. The van der Waals surface area contributed by atoms with E-state index in [1.54, 1.807) is 0 Å². The Kier molecular flexibility index (Phi) is 3.88. The quantitative estimate of drug-likeness (QED) is 0.819. The highest BCUT2D eigenvalue weighted by molar-refractivity contribution is 5.81. The molecule has 1 saturated carbocycles. The van der Waals surface area contributed by atoms with Crippen molar-refractivity contribution >= 4 is 16.7 Å². The van der Waals surface area contributed by atoms with Crippen molar-refractivity contribution in [3.05, 3.63) is 35.9 Å². The van der Waals surface area contributed by atoms with Gasteiger partial charge < -0.3 is 11.1 Å². The third-order valence-electron chi connectivity index (χ3n) is 4.31. The van der Waals surface area contributed by atoms with Gasteiger partial charge in [-0.1, -0.05) is 37.5 Å². The second kappa shape index (κ2) is 5.80. The summed E-state index contributed by atoms with van der Waals surface area (Å²) in [6.45, 7) is 2.12. The molecule has 3 rings (SSSR count). The number of aryl methyl sites for hydroxylation is 1. The number of nitrogens with one attached hydrogen (secondary N) is 1. The van der Waals surface area contributed by atoms with Gasteiger partial charge in [-0.3, -0.25) is 0 Å². The number of nitrogens with zero attached hydrogens (tertiary/aromatic N) is 1. The van der Waals surface area contributed by atoms with Gasteiger partial charge in [0.1, 0.15) is 5.82 Å². The zero-order valence-corrected chi connectivity index (χ0v) is 12.1. The summed E-state index contributed by atoms with van der Waals surface area (Å²) in [6.07, 6.45) is 6.08. The Morgan fingerprint density at radius 2 is 1.95 bits per heavy atom. The fraction of sp³-hybridized carbons (Fsp3) is 0.471. The molecular weight excluding hydrogens is 246 g/mol. The maximum Gasteiger partial charge on any atom is 0.129 e. The molecule has 2 aromatic rings. The van der Waals surface area contributed by atoms with E-state index < -0.39 is 0 Å². The molecule has 1 aromatic carbocycles. The molecule has 20 heavy (non-hydrogen) atoms. The molecule has 1 heterocycles. The molecule has 1 aliphatic carbocycles. The van der Waals surface area contributed by atoms with Crippen LogP contribution in [0, 0.1) is 6.92 Å². The Balaban J connectivity index is 1.87. The van der Waals surface area contributed by atoms with E-state index in [0.717, 1.165) is 24.2 Å². The summed E-state index contributed by atoms with van der Waals surface area (Å²) in [6, 6.07) is 11.1. The molecule has 1 aromatic heterocycles. The lowest BCUT2D eigenvalue weighted by molar-refractivity contribution is 0.527. The minimum absolute atomic E-state index is 0.241. The van der Waals surface area contributed by atoms with Gasteiger partial charge in [0.2, 0.25) is 0 Å². The highest BCUT2D eigenvalue weighted by atomic mass is 15.0. The number of para-hydroxylation sites is 1. The summed E-state index contributed by atoms with van der Waals surface area (Å²) in [5.41, 5.74) is 8.54. The molecule has 0 saturated heterocycles. The lowest BCUT2D eigenvalue weighted by Crippen LogP contribution is -2.39. The van der Waals surface area contributed by atoms with Crippen LogP contribution in [0.25, 0.3) is 10.9 Å². The van der Waals surface area contributed by atoms with E-state index in [9.17, 15) is 0 Å². The standard InChI is InChI=1S/C17H23N3/c1-12-11-13-7-5-6-9-15(13)19-17(12)20-16-10-4-2-3-8-14(16)18/h5-7,9,11,14,16H,2-4,8,10,18H2,1H3,(H,19,20). The van der Waals surface area contributed by atoms with Gasteiger partial charge in [-0.15, -0.1) is 0 Å². The maximum atomic E-state index is 6.30. The Morgan fingerprint density at radius 3 is 2.85 bits per heavy atom. The Labute approximate surface area is 120 Å². The van der Waals surface area contributed by atoms with Gasteiger partial charge in [0, 0.05) is 17.5 Å². The van der Waals surface area contributed by atoms with Crippen LogP contribution in [-0.2, 0) is 0 Å². The summed E-state index contributed by atoms with van der Waals surface area (Å²) >= 11 is 0. The number of hydrogen-bond acceptors (Lipinski definition) is 3. The number of hydrogen-bond donors (Lipinski definition) is 2. The normalized spacial score (nSPS) is 23.5. The van der Waals surface area contributed by atoms with Crippen LogP contribution in [0.1, 0.15) is 37.7 Å². The van der Waals surface area contributed by atoms with E-state index in [1.807, 2.05) is 6.07 Å². The first-order valence-corrected chi connectivity index (χ1v) is 7.62. The monoisotopic (exact) mass is 269 g/mol. The molecule has 1 aliphatic rings. The van der Waals surface area contributed by atoms with Gasteiger partial charge in [0.15, 0.2) is 0 Å². The summed E-state index contributed by atoms with van der Waals surface area (Å²) < 4.78 is 0. The third kappa shape index (κ3) is 2.78. The molecule has 0 radical (unpaired) electrons. The number of anilines is 1. The molecule has 3 heteroatoms. The van der Waals surface area contributed by atoms with Gasteiger partial charge >= 0.3 is 0 Å². The van der Waals surface area contributed by atoms with Crippen LogP contribution in [0.2, 0.25) is 0 Å². The number of aromatic nitrogens is 1. The first-order chi connectivity index (χ1) is 9.74. The number of pyridine rings is 1.